The molecule has 0 aliphatic rings. The Morgan fingerprint density at radius 2 is 1.29 bits per heavy atom. The number of amides is 2. The standard InChI is InChI=1S/C39H44N2O4/c1-27(2)38(41-34(42)17-10-5-3-4-6-11-18-35(43)45-26-28-13-8-7-9-14-28)39(44)40-25-32-22-21-31-20-19-29-15-12-16-30-23-24-33(32)37(31)36(29)30/h7-9,12-16,19-24,27,38H,3-6,10-11,17-18,25-26H2,1-2H3,(H,40,44)(H,41,42). The number of carbonyl (C=O) groups excluding carboxylic acids is 3. The molecule has 0 aromatic heterocycles. The molecule has 6 heteroatoms. The molecule has 0 aliphatic heterocycles. The van der Waals surface area contributed by atoms with Crippen molar-refractivity contribution in [3.05, 3.63) is 96.1 Å². The molecule has 0 heterocycles. The molecule has 0 saturated carbocycles. The zero-order valence-electron chi connectivity index (χ0n) is 26.4. The van der Waals surface area contributed by atoms with E-state index in [1.807, 2.05) is 44.2 Å². The Balaban J connectivity index is 1.01. The van der Waals surface area contributed by atoms with E-state index in [0.29, 0.717) is 26.0 Å². The fourth-order valence-electron chi connectivity index (χ4n) is 6.09. The van der Waals surface area contributed by atoms with Gasteiger partial charge < -0.3 is 15.4 Å². The van der Waals surface area contributed by atoms with E-state index in [4.69, 9.17) is 4.74 Å². The number of carbonyl (C=O) groups is 3. The molecule has 234 valence electrons. The van der Waals surface area contributed by atoms with Crippen LogP contribution >= 0.6 is 0 Å². The topological polar surface area (TPSA) is 84.5 Å². The van der Waals surface area contributed by atoms with Crippen LogP contribution in [-0.4, -0.2) is 23.8 Å². The van der Waals surface area contributed by atoms with Gasteiger partial charge in [-0.2, -0.15) is 0 Å². The van der Waals surface area contributed by atoms with E-state index in [9.17, 15) is 14.4 Å². The van der Waals surface area contributed by atoms with E-state index in [0.717, 1.165) is 55.0 Å². The SMILES string of the molecule is CC(C)C(NC(=O)CCCCCCCCC(=O)OCc1ccccc1)C(=O)NCc1ccc2ccc3cccc4ccc1c2c34. The summed E-state index contributed by atoms with van der Waals surface area (Å²) >= 11 is 0. The van der Waals surface area contributed by atoms with Crippen LogP contribution in [0.3, 0.4) is 0 Å². The molecule has 5 aromatic carbocycles. The van der Waals surface area contributed by atoms with Gasteiger partial charge in [0, 0.05) is 19.4 Å². The molecule has 0 radical (unpaired) electrons. The Bertz CT molecular complexity index is 1710. The molecule has 0 spiro atoms. The van der Waals surface area contributed by atoms with Crippen molar-refractivity contribution in [2.45, 2.75) is 84.4 Å². The molecule has 0 aliphatic carbocycles. The number of unbranched alkanes of at least 4 members (excludes halogenated alkanes) is 5. The fraction of sp³-hybridized carbons (Fsp3) is 0.359. The van der Waals surface area contributed by atoms with Crippen LogP contribution in [0.25, 0.3) is 32.3 Å². The van der Waals surface area contributed by atoms with Gasteiger partial charge in [0.1, 0.15) is 12.6 Å². The second kappa shape index (κ2) is 15.5. The quantitative estimate of drug-likeness (QED) is 0.0675. The third-order valence-electron chi connectivity index (χ3n) is 8.62. The molecule has 1 unspecified atom stereocenters. The second-order valence-electron chi connectivity index (χ2n) is 12.4. The summed E-state index contributed by atoms with van der Waals surface area (Å²) in [6.45, 7) is 4.63. The molecule has 5 aromatic rings. The summed E-state index contributed by atoms with van der Waals surface area (Å²) in [6, 6.07) is 28.3. The van der Waals surface area contributed by atoms with Gasteiger partial charge in [-0.3, -0.25) is 14.4 Å². The van der Waals surface area contributed by atoms with Crippen LogP contribution in [0.15, 0.2) is 84.9 Å². The highest BCUT2D eigenvalue weighted by molar-refractivity contribution is 6.23. The number of rotatable bonds is 16. The van der Waals surface area contributed by atoms with E-state index in [2.05, 4.69) is 65.2 Å². The van der Waals surface area contributed by atoms with E-state index < -0.39 is 6.04 Å². The minimum Gasteiger partial charge on any atom is -0.461 e. The Morgan fingerprint density at radius 1 is 0.667 bits per heavy atom. The van der Waals surface area contributed by atoms with Gasteiger partial charge >= 0.3 is 5.97 Å². The summed E-state index contributed by atoms with van der Waals surface area (Å²) in [5.41, 5.74) is 2.06. The summed E-state index contributed by atoms with van der Waals surface area (Å²) < 4.78 is 5.33. The lowest BCUT2D eigenvalue weighted by Gasteiger charge is -2.22. The van der Waals surface area contributed by atoms with E-state index in [1.54, 1.807) is 0 Å². The highest BCUT2D eigenvalue weighted by Crippen LogP contribution is 2.35. The Kier molecular flexibility index (Phi) is 11.0. The van der Waals surface area contributed by atoms with Gasteiger partial charge in [0.25, 0.3) is 0 Å². The van der Waals surface area contributed by atoms with Crippen molar-refractivity contribution in [2.75, 3.05) is 0 Å². The molecular weight excluding hydrogens is 560 g/mol. The first kappa shape index (κ1) is 32.0. The van der Waals surface area contributed by atoms with Crippen LogP contribution in [-0.2, 0) is 32.3 Å². The van der Waals surface area contributed by atoms with E-state index in [-0.39, 0.29) is 23.7 Å². The molecule has 45 heavy (non-hydrogen) atoms. The molecule has 0 saturated heterocycles. The van der Waals surface area contributed by atoms with Crippen molar-refractivity contribution in [2.24, 2.45) is 5.92 Å². The highest BCUT2D eigenvalue weighted by Gasteiger charge is 2.24. The second-order valence-corrected chi connectivity index (χ2v) is 12.4. The third-order valence-corrected chi connectivity index (χ3v) is 8.62. The molecule has 0 bridgehead atoms. The Hall–Kier alpha value is -4.45. The number of nitrogens with one attached hydrogen (secondary N) is 2. The smallest absolute Gasteiger partial charge is 0.306 e. The zero-order valence-corrected chi connectivity index (χ0v) is 26.4. The zero-order chi connectivity index (χ0) is 31.6. The van der Waals surface area contributed by atoms with Crippen molar-refractivity contribution in [1.82, 2.24) is 10.6 Å². The first-order chi connectivity index (χ1) is 21.9. The van der Waals surface area contributed by atoms with Gasteiger partial charge in [-0.05, 0) is 62.2 Å². The van der Waals surface area contributed by atoms with Crippen LogP contribution in [0.5, 0.6) is 0 Å². The van der Waals surface area contributed by atoms with E-state index in [1.165, 1.54) is 26.9 Å². The molecule has 1 atom stereocenters. The van der Waals surface area contributed by atoms with Gasteiger partial charge in [-0.25, -0.2) is 0 Å². The lowest BCUT2D eigenvalue weighted by molar-refractivity contribution is -0.145. The summed E-state index contributed by atoms with van der Waals surface area (Å²) in [5, 5.41) is 13.3. The normalized spacial score (nSPS) is 12.2. The molecule has 0 fully saturated rings. The van der Waals surface area contributed by atoms with E-state index >= 15 is 0 Å². The first-order valence-electron chi connectivity index (χ1n) is 16.3. The van der Waals surface area contributed by atoms with Gasteiger partial charge in [-0.1, -0.05) is 124 Å². The van der Waals surface area contributed by atoms with Gasteiger partial charge in [0.2, 0.25) is 11.8 Å². The summed E-state index contributed by atoms with van der Waals surface area (Å²) in [6.07, 6.45) is 6.37. The summed E-state index contributed by atoms with van der Waals surface area (Å²) in [7, 11) is 0. The number of hydrogen-bond donors (Lipinski definition) is 2. The molecule has 5 rings (SSSR count). The van der Waals surface area contributed by atoms with Gasteiger partial charge in [0.05, 0.1) is 0 Å². The minimum absolute atomic E-state index is 0.0327. The number of ether oxygens (including phenoxy) is 1. The lowest BCUT2D eigenvalue weighted by Crippen LogP contribution is -2.49. The van der Waals surface area contributed by atoms with Crippen LogP contribution in [0.1, 0.15) is 76.3 Å². The highest BCUT2D eigenvalue weighted by atomic mass is 16.5. The van der Waals surface area contributed by atoms with Crippen LogP contribution in [0, 0.1) is 5.92 Å². The third kappa shape index (κ3) is 8.39. The predicted molar refractivity (Wildman–Crippen MR) is 182 cm³/mol. The molecule has 6 nitrogen and oxygen atoms in total. The van der Waals surface area contributed by atoms with Crippen molar-refractivity contribution in [3.8, 4) is 0 Å². The number of esters is 1. The lowest BCUT2D eigenvalue weighted by atomic mass is 9.92. The maximum atomic E-state index is 13.2. The van der Waals surface area contributed by atoms with Crippen molar-refractivity contribution < 1.29 is 19.1 Å². The largest absolute Gasteiger partial charge is 0.461 e. The summed E-state index contributed by atoms with van der Waals surface area (Å²) in [4.78, 5) is 37.9. The average Bonchev–Trinajstić information content (AvgIpc) is 3.05. The maximum absolute atomic E-state index is 13.2. The molecule has 2 amide bonds. The molecule has 2 N–H and O–H groups in total. The first-order valence-corrected chi connectivity index (χ1v) is 16.3. The van der Waals surface area contributed by atoms with Crippen LogP contribution < -0.4 is 10.6 Å². The molecular formula is C39H44N2O4. The van der Waals surface area contributed by atoms with Crippen molar-refractivity contribution >= 4 is 50.1 Å². The fourth-order valence-corrected chi connectivity index (χ4v) is 6.09. The Labute approximate surface area is 265 Å². The van der Waals surface area contributed by atoms with Crippen LogP contribution in [0.2, 0.25) is 0 Å². The van der Waals surface area contributed by atoms with Crippen molar-refractivity contribution in [1.29, 1.82) is 0 Å². The van der Waals surface area contributed by atoms with Crippen molar-refractivity contribution in [3.63, 3.8) is 0 Å². The van der Waals surface area contributed by atoms with Gasteiger partial charge in [0.15, 0.2) is 0 Å². The average molecular weight is 605 g/mol. The van der Waals surface area contributed by atoms with Crippen LogP contribution in [0.4, 0.5) is 0 Å². The monoisotopic (exact) mass is 604 g/mol. The minimum atomic E-state index is -0.584. The number of benzene rings is 5. The Morgan fingerprint density at radius 3 is 2.00 bits per heavy atom. The predicted octanol–water partition coefficient (Wildman–Crippen LogP) is 8.21. The summed E-state index contributed by atoms with van der Waals surface area (Å²) in [5.74, 6) is -0.441. The van der Waals surface area contributed by atoms with Gasteiger partial charge in [-0.15, -0.1) is 0 Å². The maximum Gasteiger partial charge on any atom is 0.306 e. The number of hydrogen-bond acceptors (Lipinski definition) is 4.